The molecule has 3 aromatic rings. The van der Waals surface area contributed by atoms with Crippen LogP contribution in [0, 0.1) is 6.92 Å². The highest BCUT2D eigenvalue weighted by Gasteiger charge is 2.38. The molecule has 2 aromatic heterocycles. The normalized spacial score (nSPS) is 22.5. The van der Waals surface area contributed by atoms with Crippen LogP contribution < -0.4 is 15.5 Å². The van der Waals surface area contributed by atoms with E-state index >= 15 is 0 Å². The Kier molecular flexibility index (Phi) is 2.96. The molecule has 0 aliphatic carbocycles. The fourth-order valence-electron chi connectivity index (χ4n) is 3.72. The van der Waals surface area contributed by atoms with E-state index in [-0.39, 0.29) is 0 Å². The number of fused-ring (bicyclic) bond motifs is 3. The third kappa shape index (κ3) is 2.28. The van der Waals surface area contributed by atoms with Gasteiger partial charge in [0.2, 0.25) is 5.95 Å². The van der Waals surface area contributed by atoms with E-state index in [1.54, 1.807) is 0 Å². The van der Waals surface area contributed by atoms with Gasteiger partial charge in [-0.25, -0.2) is 4.98 Å². The van der Waals surface area contributed by atoms with Crippen LogP contribution in [0.1, 0.15) is 12.1 Å². The topological polar surface area (TPSA) is 81.8 Å². The maximum atomic E-state index is 4.75. The number of nitrogens with one attached hydrogen (secondary N) is 3. The second-order valence-electron chi connectivity index (χ2n) is 6.64. The van der Waals surface area contributed by atoms with Crippen molar-refractivity contribution in [3.63, 3.8) is 0 Å². The van der Waals surface area contributed by atoms with E-state index in [9.17, 15) is 0 Å². The summed E-state index contributed by atoms with van der Waals surface area (Å²) in [6, 6.07) is 9.20. The van der Waals surface area contributed by atoms with Crippen molar-refractivity contribution in [2.24, 2.45) is 0 Å². The van der Waals surface area contributed by atoms with Crippen LogP contribution in [0.25, 0.3) is 10.9 Å². The second kappa shape index (κ2) is 5.17. The number of aromatic amines is 1. The number of nitrogens with zero attached hydrogens (tertiary/aromatic N) is 4. The fourth-order valence-corrected chi connectivity index (χ4v) is 3.72. The van der Waals surface area contributed by atoms with E-state index in [4.69, 9.17) is 4.98 Å². The Morgan fingerprint density at radius 3 is 3.04 bits per heavy atom. The zero-order valence-corrected chi connectivity index (χ0v) is 13.5. The van der Waals surface area contributed by atoms with Gasteiger partial charge in [-0.3, -0.25) is 5.10 Å². The minimum absolute atomic E-state index is 0.520. The van der Waals surface area contributed by atoms with Gasteiger partial charge in [-0.1, -0.05) is 0 Å². The third-order valence-electron chi connectivity index (χ3n) is 4.87. The van der Waals surface area contributed by atoms with Crippen molar-refractivity contribution in [1.82, 2.24) is 25.5 Å². The van der Waals surface area contributed by atoms with Crippen molar-refractivity contribution in [3.05, 3.63) is 36.2 Å². The molecule has 7 heteroatoms. The number of hydrogen-bond acceptors (Lipinski definition) is 6. The molecular formula is C17H19N7. The molecule has 0 amide bonds. The second-order valence-corrected chi connectivity index (χ2v) is 6.64. The van der Waals surface area contributed by atoms with Crippen LogP contribution in [-0.4, -0.2) is 45.3 Å². The molecule has 2 atom stereocenters. The first-order valence-electron chi connectivity index (χ1n) is 8.30. The summed E-state index contributed by atoms with van der Waals surface area (Å²) in [5.41, 5.74) is 3.00. The Labute approximate surface area is 139 Å². The molecule has 0 spiro atoms. The number of piperazine rings is 1. The van der Waals surface area contributed by atoms with E-state index in [1.165, 1.54) is 6.42 Å². The van der Waals surface area contributed by atoms with E-state index < -0.39 is 0 Å². The third-order valence-corrected chi connectivity index (χ3v) is 4.87. The van der Waals surface area contributed by atoms with Crippen LogP contribution in [0.3, 0.4) is 0 Å². The zero-order chi connectivity index (χ0) is 16.1. The van der Waals surface area contributed by atoms with Crippen molar-refractivity contribution in [3.8, 4) is 0 Å². The lowest BCUT2D eigenvalue weighted by Gasteiger charge is -2.27. The van der Waals surface area contributed by atoms with E-state index in [2.05, 4.69) is 36.8 Å². The molecule has 2 unspecified atom stereocenters. The average Bonchev–Trinajstić information content (AvgIpc) is 3.30. The summed E-state index contributed by atoms with van der Waals surface area (Å²) in [5, 5.41) is 15.0. The van der Waals surface area contributed by atoms with Gasteiger partial charge >= 0.3 is 0 Å². The molecule has 3 N–H and O–H groups in total. The monoisotopic (exact) mass is 321 g/mol. The van der Waals surface area contributed by atoms with Gasteiger partial charge in [0.25, 0.3) is 0 Å². The molecule has 7 nitrogen and oxygen atoms in total. The SMILES string of the molecule is Cc1cc(Nc2ccc3[nH]ncc3c2)nc(N2CC3CC2CN3)n1. The van der Waals surface area contributed by atoms with Crippen LogP contribution >= 0.6 is 0 Å². The highest BCUT2D eigenvalue weighted by molar-refractivity contribution is 5.82. The summed E-state index contributed by atoms with van der Waals surface area (Å²) >= 11 is 0. The maximum Gasteiger partial charge on any atom is 0.227 e. The first-order valence-corrected chi connectivity index (χ1v) is 8.30. The highest BCUT2D eigenvalue weighted by atomic mass is 15.4. The maximum absolute atomic E-state index is 4.75. The number of H-pyrrole nitrogens is 1. The summed E-state index contributed by atoms with van der Waals surface area (Å²) in [5.74, 6) is 1.66. The van der Waals surface area contributed by atoms with Crippen LogP contribution in [0.15, 0.2) is 30.5 Å². The molecule has 2 fully saturated rings. The molecule has 1 aromatic carbocycles. The quantitative estimate of drug-likeness (QED) is 0.684. The van der Waals surface area contributed by atoms with Gasteiger partial charge in [-0.2, -0.15) is 10.1 Å². The highest BCUT2D eigenvalue weighted by Crippen LogP contribution is 2.28. The number of aromatic nitrogens is 4. The van der Waals surface area contributed by atoms with Crippen LogP contribution in [-0.2, 0) is 0 Å². The molecule has 2 aliphatic heterocycles. The fraction of sp³-hybridized carbons (Fsp3) is 0.353. The summed E-state index contributed by atoms with van der Waals surface area (Å²) in [4.78, 5) is 11.7. The number of rotatable bonds is 3. The van der Waals surface area contributed by atoms with Gasteiger partial charge in [0.05, 0.1) is 11.7 Å². The first kappa shape index (κ1) is 13.7. The molecular weight excluding hydrogens is 302 g/mol. The Hall–Kier alpha value is -2.67. The summed E-state index contributed by atoms with van der Waals surface area (Å²) in [7, 11) is 0. The van der Waals surface area contributed by atoms with Crippen molar-refractivity contribution in [2.75, 3.05) is 23.3 Å². The molecule has 4 heterocycles. The van der Waals surface area contributed by atoms with Gasteiger partial charge < -0.3 is 15.5 Å². The standard InChI is InChI=1S/C17H19N7/c1-10-4-16(21-12-2-3-15-11(5-12)7-19-23-15)22-17(20-10)24-9-13-6-14(24)8-18-13/h2-5,7,13-14,18H,6,8-9H2,1H3,(H,19,23)(H,20,21,22). The predicted molar refractivity (Wildman–Crippen MR) is 93.7 cm³/mol. The molecule has 122 valence electrons. The van der Waals surface area contributed by atoms with E-state index in [1.807, 2.05) is 31.3 Å². The van der Waals surface area contributed by atoms with Gasteiger partial charge in [0, 0.05) is 48.0 Å². The lowest BCUT2D eigenvalue weighted by Crippen LogP contribution is -2.44. The number of anilines is 3. The Morgan fingerprint density at radius 1 is 1.25 bits per heavy atom. The van der Waals surface area contributed by atoms with E-state index in [0.29, 0.717) is 12.1 Å². The summed E-state index contributed by atoms with van der Waals surface area (Å²) in [6.45, 7) is 4.04. The van der Waals surface area contributed by atoms with Crippen molar-refractivity contribution in [2.45, 2.75) is 25.4 Å². The van der Waals surface area contributed by atoms with Crippen molar-refractivity contribution >= 4 is 28.4 Å². The predicted octanol–water partition coefficient (Wildman–Crippen LogP) is 1.96. The molecule has 24 heavy (non-hydrogen) atoms. The molecule has 5 rings (SSSR count). The van der Waals surface area contributed by atoms with Gasteiger partial charge in [-0.05, 0) is 31.5 Å². The van der Waals surface area contributed by atoms with Crippen LogP contribution in [0.2, 0.25) is 0 Å². The van der Waals surface area contributed by atoms with Gasteiger partial charge in [0.15, 0.2) is 0 Å². The smallest absolute Gasteiger partial charge is 0.227 e. The molecule has 2 saturated heterocycles. The van der Waals surface area contributed by atoms with Crippen LogP contribution in [0.5, 0.6) is 0 Å². The Bertz CT molecular complexity index is 903. The average molecular weight is 321 g/mol. The zero-order valence-electron chi connectivity index (χ0n) is 13.5. The van der Waals surface area contributed by atoms with Gasteiger partial charge in [-0.15, -0.1) is 0 Å². The molecule has 2 aliphatic rings. The van der Waals surface area contributed by atoms with Crippen LogP contribution in [0.4, 0.5) is 17.5 Å². The lowest BCUT2D eigenvalue weighted by atomic mass is 10.2. The number of hydrogen-bond donors (Lipinski definition) is 3. The Morgan fingerprint density at radius 2 is 2.21 bits per heavy atom. The largest absolute Gasteiger partial charge is 0.340 e. The number of aryl methyl sites for hydroxylation is 1. The summed E-state index contributed by atoms with van der Waals surface area (Å²) in [6.07, 6.45) is 3.02. The summed E-state index contributed by atoms with van der Waals surface area (Å²) < 4.78 is 0. The molecule has 0 saturated carbocycles. The Balaban J connectivity index is 1.45. The molecule has 0 radical (unpaired) electrons. The lowest BCUT2D eigenvalue weighted by molar-refractivity contribution is 0.571. The van der Waals surface area contributed by atoms with Crippen molar-refractivity contribution in [1.29, 1.82) is 0 Å². The molecule has 2 bridgehead atoms. The van der Waals surface area contributed by atoms with Crippen molar-refractivity contribution < 1.29 is 0 Å². The van der Waals surface area contributed by atoms with E-state index in [0.717, 1.165) is 47.1 Å². The first-order chi connectivity index (χ1) is 11.7. The number of benzene rings is 1. The minimum Gasteiger partial charge on any atom is -0.340 e. The minimum atomic E-state index is 0.520. The van der Waals surface area contributed by atoms with Gasteiger partial charge in [0.1, 0.15) is 5.82 Å².